The summed E-state index contributed by atoms with van der Waals surface area (Å²) in [7, 11) is 0. The summed E-state index contributed by atoms with van der Waals surface area (Å²) < 4.78 is 2.94. The minimum atomic E-state index is 0.786. The predicted octanol–water partition coefficient (Wildman–Crippen LogP) is 3.06. The number of rotatable bonds is 2. The van der Waals surface area contributed by atoms with Crippen molar-refractivity contribution in [2.24, 2.45) is 11.8 Å². The minimum Gasteiger partial charge on any atom is -0.329 e. The lowest BCUT2D eigenvalue weighted by Crippen LogP contribution is -2.01. The average molecular weight is 233 g/mol. The highest BCUT2D eigenvalue weighted by Gasteiger charge is 2.33. The van der Waals surface area contributed by atoms with Gasteiger partial charge in [0.25, 0.3) is 0 Å². The van der Waals surface area contributed by atoms with Gasteiger partial charge in [-0.2, -0.15) is 0 Å². The molecule has 0 bridgehead atoms. The lowest BCUT2D eigenvalue weighted by atomic mass is 10.3. The summed E-state index contributed by atoms with van der Waals surface area (Å²) in [4.78, 5) is 7.70. The monoisotopic (exact) mass is 233 g/mol. The molecule has 0 aromatic carbocycles. The molecular formula is C12H15N3S. The van der Waals surface area contributed by atoms with E-state index >= 15 is 0 Å². The first-order valence-corrected chi connectivity index (χ1v) is 6.11. The first kappa shape index (κ1) is 10.0. The summed E-state index contributed by atoms with van der Waals surface area (Å²) in [5.41, 5.74) is 3.21. The van der Waals surface area contributed by atoms with Crippen molar-refractivity contribution in [3.8, 4) is 0 Å². The van der Waals surface area contributed by atoms with E-state index in [4.69, 9.17) is 12.2 Å². The van der Waals surface area contributed by atoms with Gasteiger partial charge in [0, 0.05) is 12.7 Å². The molecule has 2 aromatic rings. The summed E-state index contributed by atoms with van der Waals surface area (Å²) in [5, 5.41) is 0. The van der Waals surface area contributed by atoms with Crippen LogP contribution in [0.25, 0.3) is 11.2 Å². The Morgan fingerprint density at radius 3 is 3.06 bits per heavy atom. The van der Waals surface area contributed by atoms with Crippen LogP contribution in [0.1, 0.15) is 18.9 Å². The number of aryl methyl sites for hydroxylation is 1. The van der Waals surface area contributed by atoms with E-state index in [1.807, 2.05) is 13.1 Å². The molecule has 1 aliphatic carbocycles. The molecule has 16 heavy (non-hydrogen) atoms. The van der Waals surface area contributed by atoms with Crippen molar-refractivity contribution < 1.29 is 0 Å². The van der Waals surface area contributed by atoms with Crippen molar-refractivity contribution in [1.82, 2.24) is 14.5 Å². The highest BCUT2D eigenvalue weighted by atomic mass is 32.1. The molecule has 84 valence electrons. The molecule has 0 aliphatic heterocycles. The number of nitrogens with zero attached hydrogens (tertiary/aromatic N) is 2. The normalized spacial score (nSPS) is 23.9. The van der Waals surface area contributed by atoms with Crippen LogP contribution in [0.15, 0.2) is 12.3 Å². The number of hydrogen-bond donors (Lipinski definition) is 1. The summed E-state index contributed by atoms with van der Waals surface area (Å²) >= 11 is 5.35. The van der Waals surface area contributed by atoms with Crippen molar-refractivity contribution >= 4 is 23.4 Å². The number of pyridine rings is 1. The summed E-state index contributed by atoms with van der Waals surface area (Å²) in [6.07, 6.45) is 3.22. The van der Waals surface area contributed by atoms with Gasteiger partial charge in [-0.1, -0.05) is 6.92 Å². The zero-order chi connectivity index (χ0) is 11.3. The Bertz CT molecular complexity index is 596. The fourth-order valence-corrected chi connectivity index (χ4v) is 2.48. The van der Waals surface area contributed by atoms with Crippen LogP contribution in [-0.2, 0) is 6.54 Å². The Morgan fingerprint density at radius 2 is 2.38 bits per heavy atom. The summed E-state index contributed by atoms with van der Waals surface area (Å²) in [6, 6.07) is 2.10. The molecule has 1 fully saturated rings. The van der Waals surface area contributed by atoms with Crippen molar-refractivity contribution in [2.45, 2.75) is 26.8 Å². The second-order valence-corrected chi connectivity index (χ2v) is 5.28. The first-order valence-electron chi connectivity index (χ1n) is 5.70. The first-order chi connectivity index (χ1) is 7.65. The van der Waals surface area contributed by atoms with Crippen LogP contribution in [0.4, 0.5) is 0 Å². The number of aromatic amines is 1. The van der Waals surface area contributed by atoms with Crippen LogP contribution >= 0.6 is 12.2 Å². The number of fused-ring (bicyclic) bond motifs is 1. The van der Waals surface area contributed by atoms with E-state index in [1.54, 1.807) is 0 Å². The molecule has 1 saturated carbocycles. The van der Waals surface area contributed by atoms with Crippen molar-refractivity contribution in [3.63, 3.8) is 0 Å². The largest absolute Gasteiger partial charge is 0.329 e. The number of imidazole rings is 1. The average Bonchev–Trinajstić information content (AvgIpc) is 2.82. The topological polar surface area (TPSA) is 33.6 Å². The zero-order valence-electron chi connectivity index (χ0n) is 9.53. The lowest BCUT2D eigenvalue weighted by Gasteiger charge is -2.02. The molecule has 3 rings (SSSR count). The van der Waals surface area contributed by atoms with E-state index in [0.29, 0.717) is 0 Å². The Balaban J connectivity index is 2.09. The van der Waals surface area contributed by atoms with Crippen LogP contribution in [0.5, 0.6) is 0 Å². The maximum absolute atomic E-state index is 5.35. The van der Waals surface area contributed by atoms with Gasteiger partial charge in [0.1, 0.15) is 0 Å². The number of H-pyrrole nitrogens is 1. The fourth-order valence-electron chi connectivity index (χ4n) is 2.21. The van der Waals surface area contributed by atoms with E-state index in [2.05, 4.69) is 27.5 Å². The Labute approximate surface area is 99.5 Å². The molecule has 0 saturated heterocycles. The molecule has 1 aliphatic rings. The third-order valence-corrected chi connectivity index (χ3v) is 3.76. The maximum atomic E-state index is 5.35. The standard InChI is InChI=1S/C12H15N3S/c1-7-3-10-11(13-5-7)15(12(16)14-10)6-9-4-8(9)2/h3,5,8-9H,4,6H2,1-2H3,(H,14,16). The van der Waals surface area contributed by atoms with Crippen LogP contribution in [0.2, 0.25) is 0 Å². The van der Waals surface area contributed by atoms with Gasteiger partial charge in [0.15, 0.2) is 10.4 Å². The van der Waals surface area contributed by atoms with E-state index in [9.17, 15) is 0 Å². The van der Waals surface area contributed by atoms with Crippen molar-refractivity contribution in [2.75, 3.05) is 0 Å². The van der Waals surface area contributed by atoms with Gasteiger partial charge in [-0.25, -0.2) is 4.98 Å². The molecule has 4 heteroatoms. The van der Waals surface area contributed by atoms with Gasteiger partial charge in [-0.05, 0) is 49.0 Å². The molecule has 0 amide bonds. The Hall–Kier alpha value is -1.16. The number of hydrogen-bond acceptors (Lipinski definition) is 2. The number of aromatic nitrogens is 3. The second kappa shape index (κ2) is 3.42. The molecule has 2 aromatic heterocycles. The molecule has 0 spiro atoms. The molecule has 1 N–H and O–H groups in total. The smallest absolute Gasteiger partial charge is 0.179 e. The molecule has 2 unspecified atom stereocenters. The fraction of sp³-hybridized carbons (Fsp3) is 0.500. The third-order valence-electron chi connectivity index (χ3n) is 3.44. The quantitative estimate of drug-likeness (QED) is 0.809. The highest BCUT2D eigenvalue weighted by molar-refractivity contribution is 7.71. The molecule has 2 atom stereocenters. The Morgan fingerprint density at radius 1 is 1.62 bits per heavy atom. The molecule has 0 radical (unpaired) electrons. The minimum absolute atomic E-state index is 0.786. The lowest BCUT2D eigenvalue weighted by molar-refractivity contribution is 0.597. The van der Waals surface area contributed by atoms with Crippen LogP contribution in [-0.4, -0.2) is 14.5 Å². The third kappa shape index (κ3) is 1.57. The highest BCUT2D eigenvalue weighted by Crippen LogP contribution is 2.39. The van der Waals surface area contributed by atoms with Gasteiger partial charge in [0.05, 0.1) is 5.52 Å². The van der Waals surface area contributed by atoms with Gasteiger partial charge < -0.3 is 9.55 Å². The van der Waals surface area contributed by atoms with Crippen LogP contribution in [0, 0.1) is 23.5 Å². The second-order valence-electron chi connectivity index (χ2n) is 4.90. The van der Waals surface area contributed by atoms with Crippen LogP contribution in [0.3, 0.4) is 0 Å². The number of nitrogens with one attached hydrogen (secondary N) is 1. The van der Waals surface area contributed by atoms with E-state index in [1.165, 1.54) is 6.42 Å². The van der Waals surface area contributed by atoms with Crippen molar-refractivity contribution in [1.29, 1.82) is 0 Å². The van der Waals surface area contributed by atoms with E-state index in [0.717, 1.165) is 39.9 Å². The van der Waals surface area contributed by atoms with Gasteiger partial charge in [-0.3, -0.25) is 0 Å². The maximum Gasteiger partial charge on any atom is 0.179 e. The van der Waals surface area contributed by atoms with Gasteiger partial charge in [-0.15, -0.1) is 0 Å². The molecule has 3 nitrogen and oxygen atoms in total. The molecular weight excluding hydrogens is 218 g/mol. The van der Waals surface area contributed by atoms with E-state index < -0.39 is 0 Å². The van der Waals surface area contributed by atoms with Gasteiger partial charge >= 0.3 is 0 Å². The summed E-state index contributed by atoms with van der Waals surface area (Å²) in [5.74, 6) is 1.63. The SMILES string of the molecule is Cc1cnc2c(c1)[nH]c(=S)n2CC1CC1C. The molecule has 2 heterocycles. The van der Waals surface area contributed by atoms with E-state index in [-0.39, 0.29) is 0 Å². The summed E-state index contributed by atoms with van der Waals surface area (Å²) in [6.45, 7) is 5.35. The predicted molar refractivity (Wildman–Crippen MR) is 66.9 cm³/mol. The zero-order valence-corrected chi connectivity index (χ0v) is 10.3. The van der Waals surface area contributed by atoms with Crippen molar-refractivity contribution in [3.05, 3.63) is 22.6 Å². The van der Waals surface area contributed by atoms with Crippen LogP contribution < -0.4 is 0 Å². The Kier molecular flexibility index (Phi) is 2.14. The van der Waals surface area contributed by atoms with Gasteiger partial charge in [0.2, 0.25) is 0 Å².